The van der Waals surface area contributed by atoms with E-state index in [4.69, 9.17) is 14.7 Å². The van der Waals surface area contributed by atoms with E-state index >= 15 is 0 Å². The maximum absolute atomic E-state index is 11.9. The van der Waals surface area contributed by atoms with E-state index in [2.05, 4.69) is 5.32 Å². The Hall–Kier alpha value is -3.33. The topological polar surface area (TPSA) is 88.4 Å². The van der Waals surface area contributed by atoms with Gasteiger partial charge in [-0.15, -0.1) is 0 Å². The molecule has 0 aliphatic heterocycles. The fraction of sp³-hybridized carbons (Fsp3) is 0.211. The molecule has 0 fully saturated rings. The first-order valence-electron chi connectivity index (χ1n) is 7.64. The van der Waals surface area contributed by atoms with Gasteiger partial charge in [0, 0.05) is 0 Å². The first-order chi connectivity index (χ1) is 12.0. The van der Waals surface area contributed by atoms with Crippen LogP contribution < -0.4 is 10.1 Å². The standard InChI is InChI=1S/C19H18N2O4/c1-13(15-7-9-17(24-2)10-8-15)21-18(22)12-25-19(23)16-5-3-14(11-20)4-6-16/h3-10,13H,12H2,1-2H3,(H,21,22)/t13-/m1/s1. The Morgan fingerprint density at radius 1 is 1.12 bits per heavy atom. The quantitative estimate of drug-likeness (QED) is 0.818. The number of nitrogens with zero attached hydrogens (tertiary/aromatic N) is 1. The van der Waals surface area contributed by atoms with Crippen LogP contribution in [0.25, 0.3) is 0 Å². The predicted octanol–water partition coefficient (Wildman–Crippen LogP) is 2.60. The molecule has 0 radical (unpaired) electrons. The fourth-order valence-electron chi connectivity index (χ4n) is 2.15. The third-order valence-corrected chi connectivity index (χ3v) is 3.58. The lowest BCUT2D eigenvalue weighted by Gasteiger charge is -2.15. The minimum atomic E-state index is -0.614. The average Bonchev–Trinajstić information content (AvgIpc) is 2.66. The van der Waals surface area contributed by atoms with Crippen molar-refractivity contribution in [1.29, 1.82) is 5.26 Å². The van der Waals surface area contributed by atoms with E-state index in [-0.39, 0.29) is 18.2 Å². The molecule has 0 saturated carbocycles. The third-order valence-electron chi connectivity index (χ3n) is 3.58. The summed E-state index contributed by atoms with van der Waals surface area (Å²) in [6, 6.07) is 15.1. The number of nitrogens with one attached hydrogen (secondary N) is 1. The van der Waals surface area contributed by atoms with Crippen LogP contribution in [0, 0.1) is 11.3 Å². The molecule has 0 heterocycles. The molecule has 128 valence electrons. The van der Waals surface area contributed by atoms with E-state index in [0.717, 1.165) is 11.3 Å². The molecule has 1 amide bonds. The van der Waals surface area contributed by atoms with Gasteiger partial charge in [0.2, 0.25) is 0 Å². The molecule has 2 aromatic rings. The number of hydrogen-bond donors (Lipinski definition) is 1. The summed E-state index contributed by atoms with van der Waals surface area (Å²) in [6.45, 7) is 1.46. The SMILES string of the molecule is COc1ccc([C@@H](C)NC(=O)COC(=O)c2ccc(C#N)cc2)cc1. The molecule has 0 aliphatic carbocycles. The van der Waals surface area contributed by atoms with Crippen LogP contribution in [-0.2, 0) is 9.53 Å². The fourth-order valence-corrected chi connectivity index (χ4v) is 2.15. The number of carbonyl (C=O) groups is 2. The van der Waals surface area contributed by atoms with Crippen molar-refractivity contribution < 1.29 is 19.1 Å². The molecule has 0 unspecified atom stereocenters. The Labute approximate surface area is 146 Å². The molecule has 1 N–H and O–H groups in total. The zero-order valence-corrected chi connectivity index (χ0v) is 14.0. The van der Waals surface area contributed by atoms with Crippen molar-refractivity contribution in [3.8, 4) is 11.8 Å². The zero-order chi connectivity index (χ0) is 18.2. The molecule has 2 rings (SSSR count). The minimum Gasteiger partial charge on any atom is -0.497 e. The lowest BCUT2D eigenvalue weighted by molar-refractivity contribution is -0.124. The van der Waals surface area contributed by atoms with Gasteiger partial charge in [-0.1, -0.05) is 12.1 Å². The lowest BCUT2D eigenvalue weighted by Crippen LogP contribution is -2.31. The van der Waals surface area contributed by atoms with Crippen LogP contribution in [0.2, 0.25) is 0 Å². The monoisotopic (exact) mass is 338 g/mol. The molecular weight excluding hydrogens is 320 g/mol. The van der Waals surface area contributed by atoms with Crippen LogP contribution in [-0.4, -0.2) is 25.6 Å². The summed E-state index contributed by atoms with van der Waals surface area (Å²) in [6.07, 6.45) is 0. The summed E-state index contributed by atoms with van der Waals surface area (Å²) in [5.74, 6) is -0.277. The van der Waals surface area contributed by atoms with Gasteiger partial charge in [-0.25, -0.2) is 4.79 Å². The number of rotatable bonds is 6. The highest BCUT2D eigenvalue weighted by Gasteiger charge is 2.13. The highest BCUT2D eigenvalue weighted by atomic mass is 16.5. The average molecular weight is 338 g/mol. The summed E-state index contributed by atoms with van der Waals surface area (Å²) in [5, 5.41) is 11.5. The zero-order valence-electron chi connectivity index (χ0n) is 14.0. The molecule has 6 nitrogen and oxygen atoms in total. The number of hydrogen-bond acceptors (Lipinski definition) is 5. The number of methoxy groups -OCH3 is 1. The second-order valence-corrected chi connectivity index (χ2v) is 5.33. The van der Waals surface area contributed by atoms with E-state index in [0.29, 0.717) is 5.56 Å². The van der Waals surface area contributed by atoms with Crippen LogP contribution in [0.15, 0.2) is 48.5 Å². The maximum Gasteiger partial charge on any atom is 0.338 e. The molecule has 0 aromatic heterocycles. The Kier molecular flexibility index (Phi) is 6.13. The third kappa shape index (κ3) is 5.08. The Balaban J connectivity index is 1.84. The number of ether oxygens (including phenoxy) is 2. The lowest BCUT2D eigenvalue weighted by atomic mass is 10.1. The maximum atomic E-state index is 11.9. The van der Waals surface area contributed by atoms with Crippen LogP contribution >= 0.6 is 0 Å². The summed E-state index contributed by atoms with van der Waals surface area (Å²) < 4.78 is 10.1. The van der Waals surface area contributed by atoms with Crippen molar-refractivity contribution >= 4 is 11.9 Å². The smallest absolute Gasteiger partial charge is 0.338 e. The Morgan fingerprint density at radius 3 is 2.32 bits per heavy atom. The van der Waals surface area contributed by atoms with Gasteiger partial charge in [0.1, 0.15) is 5.75 Å². The molecule has 0 aliphatic rings. The van der Waals surface area contributed by atoms with Crippen molar-refractivity contribution in [2.24, 2.45) is 0 Å². The van der Waals surface area contributed by atoms with Crippen LogP contribution in [0.1, 0.15) is 34.5 Å². The molecule has 25 heavy (non-hydrogen) atoms. The first-order valence-corrected chi connectivity index (χ1v) is 7.64. The van der Waals surface area contributed by atoms with Gasteiger partial charge in [-0.3, -0.25) is 4.79 Å². The highest BCUT2D eigenvalue weighted by molar-refractivity contribution is 5.91. The molecule has 0 spiro atoms. The van der Waals surface area contributed by atoms with Crippen molar-refractivity contribution in [3.05, 3.63) is 65.2 Å². The molecule has 1 atom stereocenters. The van der Waals surface area contributed by atoms with E-state index in [9.17, 15) is 9.59 Å². The van der Waals surface area contributed by atoms with Gasteiger partial charge in [-0.05, 0) is 48.9 Å². The number of benzene rings is 2. The molecule has 2 aromatic carbocycles. The largest absolute Gasteiger partial charge is 0.497 e. The van der Waals surface area contributed by atoms with Gasteiger partial charge < -0.3 is 14.8 Å². The number of nitriles is 1. The van der Waals surface area contributed by atoms with E-state index in [1.165, 1.54) is 24.3 Å². The van der Waals surface area contributed by atoms with Gasteiger partial charge in [0.15, 0.2) is 6.61 Å². The van der Waals surface area contributed by atoms with Gasteiger partial charge in [0.25, 0.3) is 5.91 Å². The van der Waals surface area contributed by atoms with Crippen molar-refractivity contribution in [3.63, 3.8) is 0 Å². The van der Waals surface area contributed by atoms with Gasteiger partial charge in [0.05, 0.1) is 30.3 Å². The summed E-state index contributed by atoms with van der Waals surface area (Å²) >= 11 is 0. The van der Waals surface area contributed by atoms with Crippen molar-refractivity contribution in [2.75, 3.05) is 13.7 Å². The highest BCUT2D eigenvalue weighted by Crippen LogP contribution is 2.17. The number of carbonyl (C=O) groups excluding carboxylic acids is 2. The summed E-state index contributed by atoms with van der Waals surface area (Å²) in [5.41, 5.74) is 1.64. The molecule has 0 bridgehead atoms. The number of esters is 1. The summed E-state index contributed by atoms with van der Waals surface area (Å²) in [4.78, 5) is 23.8. The van der Waals surface area contributed by atoms with Gasteiger partial charge >= 0.3 is 5.97 Å². The molecular formula is C19H18N2O4. The van der Waals surface area contributed by atoms with Crippen molar-refractivity contribution in [2.45, 2.75) is 13.0 Å². The molecule has 6 heteroatoms. The Morgan fingerprint density at radius 2 is 1.76 bits per heavy atom. The van der Waals surface area contributed by atoms with E-state index in [1.807, 2.05) is 37.3 Å². The summed E-state index contributed by atoms with van der Waals surface area (Å²) in [7, 11) is 1.59. The normalized spacial score (nSPS) is 11.1. The minimum absolute atomic E-state index is 0.230. The Bertz CT molecular complexity index is 777. The van der Waals surface area contributed by atoms with Gasteiger partial charge in [-0.2, -0.15) is 5.26 Å². The second kappa shape index (κ2) is 8.50. The van der Waals surface area contributed by atoms with Crippen molar-refractivity contribution in [1.82, 2.24) is 5.32 Å². The van der Waals surface area contributed by atoms with E-state index < -0.39 is 11.9 Å². The van der Waals surface area contributed by atoms with Crippen LogP contribution in [0.4, 0.5) is 0 Å². The van der Waals surface area contributed by atoms with E-state index in [1.54, 1.807) is 7.11 Å². The molecule has 0 saturated heterocycles. The number of amides is 1. The predicted molar refractivity (Wildman–Crippen MR) is 91.0 cm³/mol. The van der Waals surface area contributed by atoms with Crippen LogP contribution in [0.3, 0.4) is 0 Å². The van der Waals surface area contributed by atoms with Crippen LogP contribution in [0.5, 0.6) is 5.75 Å². The second-order valence-electron chi connectivity index (χ2n) is 5.33. The first kappa shape index (κ1) is 18.0.